The number of aromatic amines is 2. The first-order valence-electron chi connectivity index (χ1n) is 5.62. The Morgan fingerprint density at radius 3 is 2.80 bits per heavy atom. The molecule has 0 aliphatic carbocycles. The molecule has 9 heteroatoms. The summed E-state index contributed by atoms with van der Waals surface area (Å²) in [6.07, 6.45) is 3.53. The van der Waals surface area contributed by atoms with Crippen LogP contribution in [-0.2, 0) is 5.75 Å². The Morgan fingerprint density at radius 1 is 1.35 bits per heavy atom. The molecule has 2 heterocycles. The molecule has 0 saturated heterocycles. The Balaban J connectivity index is 0.00000180. The Bertz CT molecular complexity index is 557. The number of nitrogens with one attached hydrogen (secondary N) is 3. The first kappa shape index (κ1) is 19.2. The Kier molecular flexibility index (Phi) is 9.66. The predicted octanol–water partition coefficient (Wildman–Crippen LogP) is 3.36. The lowest BCUT2D eigenvalue weighted by molar-refractivity contribution is 1.09. The summed E-state index contributed by atoms with van der Waals surface area (Å²) in [4.78, 5) is 14.3. The highest BCUT2D eigenvalue weighted by molar-refractivity contribution is 7.98. The molecule has 2 aromatic rings. The van der Waals surface area contributed by atoms with Crippen LogP contribution in [0.25, 0.3) is 0 Å². The molecule has 0 saturated carbocycles. The number of hydrogen-bond acceptors (Lipinski definition) is 5. The van der Waals surface area contributed by atoms with Crippen LogP contribution in [0.4, 0.5) is 5.82 Å². The van der Waals surface area contributed by atoms with Crippen LogP contribution in [0.1, 0.15) is 11.4 Å². The van der Waals surface area contributed by atoms with Gasteiger partial charge in [0.05, 0.1) is 12.0 Å². The number of anilines is 1. The van der Waals surface area contributed by atoms with E-state index in [1.54, 1.807) is 12.5 Å². The van der Waals surface area contributed by atoms with Crippen molar-refractivity contribution in [1.29, 1.82) is 0 Å². The molecular formula is C11H17Cl2N5S2. The topological polar surface area (TPSA) is 69.4 Å². The van der Waals surface area contributed by atoms with E-state index in [1.807, 2.05) is 24.8 Å². The Labute approximate surface area is 139 Å². The van der Waals surface area contributed by atoms with Crippen LogP contribution in [0, 0.1) is 11.7 Å². The molecule has 0 fully saturated rings. The smallest absolute Gasteiger partial charge is 0.198 e. The summed E-state index contributed by atoms with van der Waals surface area (Å²) in [5, 5.41) is 3.24. The lowest BCUT2D eigenvalue weighted by Gasteiger charge is -2.04. The first-order chi connectivity index (χ1) is 8.75. The van der Waals surface area contributed by atoms with Crippen molar-refractivity contribution in [2.75, 3.05) is 17.6 Å². The fourth-order valence-electron chi connectivity index (χ4n) is 1.43. The number of H-pyrrole nitrogens is 2. The van der Waals surface area contributed by atoms with Gasteiger partial charge in [-0.05, 0) is 25.2 Å². The van der Waals surface area contributed by atoms with Crippen molar-refractivity contribution in [3.8, 4) is 0 Å². The van der Waals surface area contributed by atoms with E-state index in [-0.39, 0.29) is 24.8 Å². The summed E-state index contributed by atoms with van der Waals surface area (Å²) in [7, 11) is 0. The van der Waals surface area contributed by atoms with Crippen LogP contribution >= 0.6 is 48.8 Å². The third kappa shape index (κ3) is 6.13. The highest BCUT2D eigenvalue weighted by Gasteiger charge is 2.00. The van der Waals surface area contributed by atoms with Crippen LogP contribution in [-0.4, -0.2) is 32.2 Å². The van der Waals surface area contributed by atoms with Gasteiger partial charge < -0.3 is 15.3 Å². The van der Waals surface area contributed by atoms with Gasteiger partial charge in [0, 0.05) is 29.9 Å². The van der Waals surface area contributed by atoms with E-state index >= 15 is 0 Å². The van der Waals surface area contributed by atoms with Crippen molar-refractivity contribution in [3.63, 3.8) is 0 Å². The van der Waals surface area contributed by atoms with Crippen molar-refractivity contribution in [1.82, 2.24) is 19.9 Å². The SMILES string of the molecule is Cc1nc[nH]c1CSCCNc1cc[nH]c(=S)n1.Cl.Cl. The van der Waals surface area contributed by atoms with Crippen molar-refractivity contribution < 1.29 is 0 Å². The molecule has 112 valence electrons. The second-order valence-corrected chi connectivity index (χ2v) is 5.22. The molecule has 0 spiro atoms. The number of imidazole rings is 1. The molecule has 2 rings (SSSR count). The lowest BCUT2D eigenvalue weighted by atomic mass is 10.4. The fraction of sp³-hybridized carbons (Fsp3) is 0.364. The number of nitrogens with zero attached hydrogens (tertiary/aromatic N) is 2. The largest absolute Gasteiger partial charge is 0.369 e. The molecule has 5 nitrogen and oxygen atoms in total. The zero-order valence-corrected chi connectivity index (χ0v) is 14.1. The third-order valence-electron chi connectivity index (χ3n) is 2.40. The van der Waals surface area contributed by atoms with E-state index in [2.05, 4.69) is 25.3 Å². The van der Waals surface area contributed by atoms with Crippen molar-refractivity contribution in [2.24, 2.45) is 0 Å². The van der Waals surface area contributed by atoms with Gasteiger partial charge in [-0.3, -0.25) is 0 Å². The highest BCUT2D eigenvalue weighted by Crippen LogP contribution is 2.12. The number of thioether (sulfide) groups is 1. The zero-order valence-electron chi connectivity index (χ0n) is 10.9. The van der Waals surface area contributed by atoms with Gasteiger partial charge in [0.2, 0.25) is 0 Å². The maximum atomic E-state index is 4.95. The molecule has 0 radical (unpaired) electrons. The van der Waals surface area contributed by atoms with Gasteiger partial charge in [-0.15, -0.1) is 24.8 Å². The molecule has 0 aromatic carbocycles. The molecule has 0 unspecified atom stereocenters. The average Bonchev–Trinajstić information content (AvgIpc) is 2.75. The summed E-state index contributed by atoms with van der Waals surface area (Å²) in [6, 6.07) is 1.87. The lowest BCUT2D eigenvalue weighted by Crippen LogP contribution is -2.06. The Morgan fingerprint density at radius 2 is 2.15 bits per heavy atom. The maximum absolute atomic E-state index is 4.95. The average molecular weight is 354 g/mol. The molecule has 2 aromatic heterocycles. The molecule has 20 heavy (non-hydrogen) atoms. The summed E-state index contributed by atoms with van der Waals surface area (Å²) in [5.74, 6) is 2.78. The van der Waals surface area contributed by atoms with Gasteiger partial charge in [-0.25, -0.2) is 9.97 Å². The van der Waals surface area contributed by atoms with E-state index in [9.17, 15) is 0 Å². The molecule has 0 amide bonds. The van der Waals surface area contributed by atoms with Gasteiger partial charge >= 0.3 is 0 Å². The van der Waals surface area contributed by atoms with Gasteiger partial charge in [-0.1, -0.05) is 0 Å². The van der Waals surface area contributed by atoms with E-state index in [1.165, 1.54) is 5.69 Å². The first-order valence-corrected chi connectivity index (χ1v) is 7.18. The van der Waals surface area contributed by atoms with E-state index in [0.29, 0.717) is 4.77 Å². The van der Waals surface area contributed by atoms with Crippen LogP contribution in [0.5, 0.6) is 0 Å². The summed E-state index contributed by atoms with van der Waals surface area (Å²) in [6.45, 7) is 2.88. The van der Waals surface area contributed by atoms with Gasteiger partial charge in [0.1, 0.15) is 5.82 Å². The van der Waals surface area contributed by atoms with Gasteiger partial charge in [0.25, 0.3) is 0 Å². The van der Waals surface area contributed by atoms with Crippen LogP contribution < -0.4 is 5.32 Å². The van der Waals surface area contributed by atoms with Crippen molar-refractivity contribution in [2.45, 2.75) is 12.7 Å². The molecule has 0 aliphatic heterocycles. The van der Waals surface area contributed by atoms with Crippen LogP contribution in [0.2, 0.25) is 0 Å². The van der Waals surface area contributed by atoms with Crippen molar-refractivity contribution in [3.05, 3.63) is 34.7 Å². The second kappa shape index (κ2) is 10.0. The molecule has 3 N–H and O–H groups in total. The summed E-state index contributed by atoms with van der Waals surface area (Å²) < 4.78 is 0.501. The Hall–Kier alpha value is -0.760. The second-order valence-electron chi connectivity index (χ2n) is 3.73. The molecule has 0 bridgehead atoms. The van der Waals surface area contributed by atoms with E-state index < -0.39 is 0 Å². The fourth-order valence-corrected chi connectivity index (χ4v) is 2.48. The van der Waals surface area contributed by atoms with E-state index in [0.717, 1.165) is 29.6 Å². The molecule has 0 atom stereocenters. The minimum absolute atomic E-state index is 0. The standard InChI is InChI=1S/C11H15N5S2.2ClH/c1-8-9(15-7-14-8)6-18-5-4-12-10-2-3-13-11(17)16-10;;/h2-3,7H,4-6H2,1H3,(H,14,15)(H2,12,13,16,17);2*1H. The van der Waals surface area contributed by atoms with E-state index in [4.69, 9.17) is 12.2 Å². The summed E-state index contributed by atoms with van der Waals surface area (Å²) >= 11 is 6.80. The number of aromatic nitrogens is 4. The highest BCUT2D eigenvalue weighted by atomic mass is 35.5. The quantitative estimate of drug-likeness (QED) is 0.548. The minimum Gasteiger partial charge on any atom is -0.369 e. The predicted molar refractivity (Wildman–Crippen MR) is 91.9 cm³/mol. The third-order valence-corrected chi connectivity index (χ3v) is 3.60. The van der Waals surface area contributed by atoms with Crippen LogP contribution in [0.15, 0.2) is 18.6 Å². The molecular weight excluding hydrogens is 337 g/mol. The minimum atomic E-state index is 0. The normalized spacial score (nSPS) is 9.45. The van der Waals surface area contributed by atoms with Crippen LogP contribution in [0.3, 0.4) is 0 Å². The number of halogens is 2. The zero-order chi connectivity index (χ0) is 12.8. The maximum Gasteiger partial charge on any atom is 0.198 e. The van der Waals surface area contributed by atoms with Gasteiger partial charge in [0.15, 0.2) is 4.77 Å². The van der Waals surface area contributed by atoms with Crippen molar-refractivity contribution >= 4 is 54.6 Å². The molecule has 0 aliphatic rings. The number of aryl methyl sites for hydroxylation is 1. The monoisotopic (exact) mass is 353 g/mol. The number of rotatable bonds is 6. The number of hydrogen-bond donors (Lipinski definition) is 3. The van der Waals surface area contributed by atoms with Gasteiger partial charge in [-0.2, -0.15) is 11.8 Å². The summed E-state index contributed by atoms with van der Waals surface area (Å²) in [5.41, 5.74) is 2.27.